The quantitative estimate of drug-likeness (QED) is 0.537. The summed E-state index contributed by atoms with van der Waals surface area (Å²) in [5, 5.41) is 9.83. The number of likely N-dealkylation sites (N-methyl/N-ethyl adjacent to an activating group) is 1. The van der Waals surface area contributed by atoms with Crippen LogP contribution in [0, 0.1) is 5.92 Å². The van der Waals surface area contributed by atoms with Gasteiger partial charge in [0.2, 0.25) is 10.0 Å². The Morgan fingerprint density at radius 2 is 1.89 bits per heavy atom. The molecule has 1 aliphatic heterocycles. The number of aliphatic hydroxyl groups excluding tert-OH is 1. The number of hydrogen-bond acceptors (Lipinski definition) is 7. The van der Waals surface area contributed by atoms with E-state index < -0.39 is 16.1 Å². The van der Waals surface area contributed by atoms with Gasteiger partial charge in [-0.2, -0.15) is 4.31 Å². The summed E-state index contributed by atoms with van der Waals surface area (Å²) < 4.78 is 35.2. The lowest BCUT2D eigenvalue weighted by Crippen LogP contribution is -2.49. The summed E-state index contributed by atoms with van der Waals surface area (Å²) >= 11 is 0. The highest BCUT2D eigenvalue weighted by molar-refractivity contribution is 7.89. The second-order valence-corrected chi connectivity index (χ2v) is 11.1. The molecule has 35 heavy (non-hydrogen) atoms. The van der Waals surface area contributed by atoms with Crippen molar-refractivity contribution in [2.75, 3.05) is 26.7 Å². The van der Waals surface area contributed by atoms with Gasteiger partial charge in [-0.3, -0.25) is 14.9 Å². The Morgan fingerprint density at radius 1 is 1.14 bits per heavy atom. The minimum atomic E-state index is -3.88. The van der Waals surface area contributed by atoms with E-state index in [2.05, 4.69) is 14.9 Å². The molecule has 0 unspecified atom stereocenters. The summed E-state index contributed by atoms with van der Waals surface area (Å²) in [7, 11) is -1.86. The van der Waals surface area contributed by atoms with Crippen LogP contribution in [0.3, 0.4) is 0 Å². The summed E-state index contributed by atoms with van der Waals surface area (Å²) in [4.78, 5) is 10.6. The number of aliphatic hydroxyl groups is 1. The van der Waals surface area contributed by atoms with E-state index in [4.69, 9.17) is 4.74 Å². The average Bonchev–Trinajstić information content (AvgIpc) is 2.86. The van der Waals surface area contributed by atoms with Crippen LogP contribution in [0.15, 0.2) is 72.1 Å². The van der Waals surface area contributed by atoms with Gasteiger partial charge >= 0.3 is 0 Å². The molecule has 0 radical (unpaired) electrons. The number of nitrogens with zero attached hydrogens (tertiary/aromatic N) is 4. The summed E-state index contributed by atoms with van der Waals surface area (Å²) in [6.07, 6.45) is 6.75. The predicted octanol–water partition coefficient (Wildman–Crippen LogP) is 3.04. The third-order valence-electron chi connectivity index (χ3n) is 6.33. The van der Waals surface area contributed by atoms with Gasteiger partial charge in [-0.05, 0) is 49.4 Å². The number of hydrogen-bond donors (Lipinski definition) is 1. The number of aromatic nitrogens is 2. The van der Waals surface area contributed by atoms with Crippen molar-refractivity contribution in [3.05, 3.63) is 72.8 Å². The first kappa shape index (κ1) is 25.2. The molecule has 0 bridgehead atoms. The van der Waals surface area contributed by atoms with Crippen molar-refractivity contribution >= 4 is 10.0 Å². The first-order valence-electron chi connectivity index (χ1n) is 11.7. The fourth-order valence-corrected chi connectivity index (χ4v) is 6.16. The molecule has 3 heterocycles. The zero-order chi connectivity index (χ0) is 25.0. The van der Waals surface area contributed by atoms with Crippen molar-refractivity contribution in [1.29, 1.82) is 0 Å². The van der Waals surface area contributed by atoms with Crippen LogP contribution in [0.2, 0.25) is 0 Å². The normalized spacial score (nSPS) is 20.9. The van der Waals surface area contributed by atoms with Crippen molar-refractivity contribution in [3.63, 3.8) is 0 Å². The van der Waals surface area contributed by atoms with Crippen LogP contribution >= 0.6 is 0 Å². The monoisotopic (exact) mass is 496 g/mol. The molecule has 0 aliphatic carbocycles. The van der Waals surface area contributed by atoms with Gasteiger partial charge in [-0.1, -0.05) is 25.1 Å². The summed E-state index contributed by atoms with van der Waals surface area (Å²) in [5.74, 6) is 0.193. The third-order valence-corrected chi connectivity index (χ3v) is 8.35. The van der Waals surface area contributed by atoms with Gasteiger partial charge in [-0.25, -0.2) is 8.42 Å². The second-order valence-electron chi connectivity index (χ2n) is 9.20. The highest BCUT2D eigenvalue weighted by atomic mass is 32.2. The molecular formula is C26H32N4O4S. The molecule has 0 spiro atoms. The van der Waals surface area contributed by atoms with E-state index in [0.29, 0.717) is 18.8 Å². The Bertz CT molecular complexity index is 1220. The Hall–Kier alpha value is -2.85. The van der Waals surface area contributed by atoms with Crippen LogP contribution in [0.4, 0.5) is 0 Å². The van der Waals surface area contributed by atoms with E-state index in [-0.39, 0.29) is 30.1 Å². The van der Waals surface area contributed by atoms with Crippen molar-refractivity contribution in [3.8, 4) is 16.9 Å². The number of ether oxygens (including phenoxy) is 1. The van der Waals surface area contributed by atoms with E-state index in [1.54, 1.807) is 43.7 Å². The molecule has 0 amide bonds. The fraction of sp³-hybridized carbons (Fsp3) is 0.385. The van der Waals surface area contributed by atoms with Crippen LogP contribution < -0.4 is 4.74 Å². The maximum atomic E-state index is 13.6. The predicted molar refractivity (Wildman–Crippen MR) is 134 cm³/mol. The maximum absolute atomic E-state index is 13.6. The topological polar surface area (TPSA) is 95.9 Å². The standard InChI is InChI=1S/C26H32N4O4S/c1-19-15-30(20(2)18-31)35(32,33)26-9-8-22(23-7-5-11-28-14-23)12-24(26)34-25(19)17-29(3)16-21-6-4-10-27-13-21/h4-14,19-20,25,31H,15-18H2,1-3H3/t19-,20-,25+/m1/s1. The molecule has 186 valence electrons. The van der Waals surface area contributed by atoms with Gasteiger partial charge in [0.15, 0.2) is 0 Å². The van der Waals surface area contributed by atoms with Gasteiger partial charge in [0, 0.05) is 61.9 Å². The molecule has 9 heteroatoms. The van der Waals surface area contributed by atoms with Gasteiger partial charge < -0.3 is 9.84 Å². The number of rotatable bonds is 7. The van der Waals surface area contributed by atoms with Crippen molar-refractivity contribution in [2.24, 2.45) is 5.92 Å². The molecule has 1 aliphatic rings. The highest BCUT2D eigenvalue weighted by Gasteiger charge is 2.38. The van der Waals surface area contributed by atoms with Crippen LogP contribution in [-0.2, 0) is 16.6 Å². The molecule has 4 rings (SSSR count). The van der Waals surface area contributed by atoms with Gasteiger partial charge in [-0.15, -0.1) is 0 Å². The van der Waals surface area contributed by atoms with Gasteiger partial charge in [0.25, 0.3) is 0 Å². The summed E-state index contributed by atoms with van der Waals surface area (Å²) in [5.41, 5.74) is 2.78. The average molecular weight is 497 g/mol. The minimum absolute atomic E-state index is 0.109. The van der Waals surface area contributed by atoms with Crippen molar-refractivity contribution in [2.45, 2.75) is 37.4 Å². The smallest absolute Gasteiger partial charge is 0.247 e. The summed E-state index contributed by atoms with van der Waals surface area (Å²) in [6, 6.07) is 12.3. The SMILES string of the molecule is C[C@@H]1CN([C@H](C)CO)S(=O)(=O)c2ccc(-c3cccnc3)cc2O[C@H]1CN(C)Cc1cccnc1. The zero-order valence-electron chi connectivity index (χ0n) is 20.3. The molecule has 3 aromatic rings. The van der Waals surface area contributed by atoms with Crippen molar-refractivity contribution in [1.82, 2.24) is 19.2 Å². The van der Waals surface area contributed by atoms with Gasteiger partial charge in [0.1, 0.15) is 16.7 Å². The Labute approximate surface area is 207 Å². The molecular weight excluding hydrogens is 464 g/mol. The first-order valence-corrected chi connectivity index (χ1v) is 13.1. The minimum Gasteiger partial charge on any atom is -0.487 e. The molecule has 1 aromatic carbocycles. The molecule has 2 aromatic heterocycles. The Kier molecular flexibility index (Phi) is 7.81. The lowest BCUT2D eigenvalue weighted by Gasteiger charge is -2.37. The highest BCUT2D eigenvalue weighted by Crippen LogP contribution is 2.36. The Balaban J connectivity index is 1.72. The molecule has 1 N–H and O–H groups in total. The number of pyridine rings is 2. The maximum Gasteiger partial charge on any atom is 0.247 e. The second kappa shape index (κ2) is 10.8. The van der Waals surface area contributed by atoms with Crippen LogP contribution in [-0.4, -0.2) is 71.6 Å². The third kappa shape index (κ3) is 5.70. The van der Waals surface area contributed by atoms with E-state index in [1.807, 2.05) is 44.4 Å². The lowest BCUT2D eigenvalue weighted by molar-refractivity contribution is 0.0734. The molecule has 0 saturated heterocycles. The van der Waals surface area contributed by atoms with E-state index in [0.717, 1.165) is 16.7 Å². The van der Waals surface area contributed by atoms with Crippen LogP contribution in [0.25, 0.3) is 11.1 Å². The largest absolute Gasteiger partial charge is 0.487 e. The van der Waals surface area contributed by atoms with E-state index in [1.165, 1.54) is 4.31 Å². The van der Waals surface area contributed by atoms with Crippen LogP contribution in [0.1, 0.15) is 19.4 Å². The number of benzene rings is 1. The molecule has 8 nitrogen and oxygen atoms in total. The Morgan fingerprint density at radius 3 is 2.54 bits per heavy atom. The number of fused-ring (bicyclic) bond motifs is 1. The molecule has 0 fully saturated rings. The zero-order valence-corrected chi connectivity index (χ0v) is 21.1. The van der Waals surface area contributed by atoms with Crippen LogP contribution in [0.5, 0.6) is 5.75 Å². The van der Waals surface area contributed by atoms with Gasteiger partial charge in [0.05, 0.1) is 6.61 Å². The fourth-order valence-electron chi connectivity index (χ4n) is 4.33. The number of sulfonamides is 1. The van der Waals surface area contributed by atoms with E-state index >= 15 is 0 Å². The molecule has 3 atom stereocenters. The van der Waals surface area contributed by atoms with Crippen molar-refractivity contribution < 1.29 is 18.3 Å². The lowest BCUT2D eigenvalue weighted by atomic mass is 10.0. The van der Waals surface area contributed by atoms with E-state index in [9.17, 15) is 13.5 Å². The molecule has 0 saturated carbocycles. The first-order chi connectivity index (χ1) is 16.8. The summed E-state index contributed by atoms with van der Waals surface area (Å²) in [6.45, 7) is 4.98.